The smallest absolute Gasteiger partial charge is 0.343 e. The van der Waals surface area contributed by atoms with Crippen molar-refractivity contribution in [1.82, 2.24) is 0 Å². The van der Waals surface area contributed by atoms with Crippen LogP contribution in [0.5, 0.6) is 11.5 Å². The Hall–Kier alpha value is -2.33. The van der Waals surface area contributed by atoms with Crippen LogP contribution < -0.4 is 4.74 Å². The van der Waals surface area contributed by atoms with E-state index in [1.54, 1.807) is 0 Å². The molecule has 96 valence electrons. The summed E-state index contributed by atoms with van der Waals surface area (Å²) in [6, 6.07) is 10.1. The number of hydrogen-bond acceptors (Lipinski definition) is 4. The van der Waals surface area contributed by atoms with Crippen molar-refractivity contribution in [3.63, 3.8) is 0 Å². The summed E-state index contributed by atoms with van der Waals surface area (Å²) in [7, 11) is 0. The summed E-state index contributed by atoms with van der Waals surface area (Å²) in [5.41, 5.74) is 0.791. The minimum absolute atomic E-state index is 0.0863. The molecule has 1 N–H and O–H groups in total. The van der Waals surface area contributed by atoms with Crippen LogP contribution in [0.1, 0.15) is 20.7 Å². The van der Waals surface area contributed by atoms with E-state index in [4.69, 9.17) is 16.3 Å². The number of ether oxygens (including phenoxy) is 1. The van der Waals surface area contributed by atoms with Crippen LogP contribution in [0.4, 0.5) is 0 Å². The molecule has 0 atom stereocenters. The molecule has 2 aromatic rings. The lowest BCUT2D eigenvalue weighted by atomic mass is 10.1. The Labute approximate surface area is 114 Å². The third kappa shape index (κ3) is 3.11. The van der Waals surface area contributed by atoms with Crippen LogP contribution in [-0.2, 0) is 0 Å². The Bertz CT molecular complexity index is 620. The molecule has 0 radical (unpaired) electrons. The normalized spacial score (nSPS) is 9.95. The number of esters is 1. The molecule has 0 heterocycles. The van der Waals surface area contributed by atoms with E-state index in [1.807, 2.05) is 0 Å². The van der Waals surface area contributed by atoms with Crippen LogP contribution in [0.2, 0.25) is 5.02 Å². The van der Waals surface area contributed by atoms with E-state index < -0.39 is 5.97 Å². The highest BCUT2D eigenvalue weighted by atomic mass is 35.5. The van der Waals surface area contributed by atoms with Gasteiger partial charge in [0.25, 0.3) is 0 Å². The number of aromatic hydroxyl groups is 1. The van der Waals surface area contributed by atoms with E-state index in [-0.39, 0.29) is 16.5 Å². The Morgan fingerprint density at radius 3 is 2.42 bits per heavy atom. The average Bonchev–Trinajstić information content (AvgIpc) is 2.43. The Morgan fingerprint density at radius 2 is 1.84 bits per heavy atom. The van der Waals surface area contributed by atoms with Gasteiger partial charge in [-0.2, -0.15) is 0 Å². The molecule has 0 unspecified atom stereocenters. The van der Waals surface area contributed by atoms with Gasteiger partial charge in [0.05, 0.1) is 10.6 Å². The molecular weight excluding hydrogens is 268 g/mol. The maximum absolute atomic E-state index is 11.8. The van der Waals surface area contributed by atoms with E-state index in [0.717, 1.165) is 0 Å². The number of phenols is 1. The summed E-state index contributed by atoms with van der Waals surface area (Å²) >= 11 is 5.70. The molecule has 0 aliphatic heterocycles. The first-order chi connectivity index (χ1) is 9.10. The van der Waals surface area contributed by atoms with Gasteiger partial charge >= 0.3 is 5.97 Å². The monoisotopic (exact) mass is 276 g/mol. The van der Waals surface area contributed by atoms with Gasteiger partial charge in [0.15, 0.2) is 0 Å². The van der Waals surface area contributed by atoms with Gasteiger partial charge in [-0.05, 0) is 24.3 Å². The molecule has 0 aromatic heterocycles. The molecule has 0 saturated carbocycles. The van der Waals surface area contributed by atoms with Crippen molar-refractivity contribution in [2.75, 3.05) is 0 Å². The van der Waals surface area contributed by atoms with E-state index >= 15 is 0 Å². The fraction of sp³-hybridized carbons (Fsp3) is 0. The molecular formula is C14H9ClO4. The van der Waals surface area contributed by atoms with Crippen molar-refractivity contribution < 1.29 is 19.4 Å². The van der Waals surface area contributed by atoms with Gasteiger partial charge in [-0.3, -0.25) is 4.79 Å². The molecule has 0 amide bonds. The number of hydrogen-bond donors (Lipinski definition) is 1. The number of halogens is 1. The number of carbonyl (C=O) groups is 2. The molecule has 2 aromatic carbocycles. The summed E-state index contributed by atoms with van der Waals surface area (Å²) in [6.45, 7) is 0. The molecule has 0 spiro atoms. The van der Waals surface area contributed by atoms with Crippen molar-refractivity contribution in [2.24, 2.45) is 0 Å². The molecule has 0 aliphatic rings. The largest absolute Gasteiger partial charge is 0.506 e. The van der Waals surface area contributed by atoms with Crippen molar-refractivity contribution in [3.05, 3.63) is 58.6 Å². The lowest BCUT2D eigenvalue weighted by Gasteiger charge is -2.05. The zero-order chi connectivity index (χ0) is 13.8. The zero-order valence-electron chi connectivity index (χ0n) is 9.67. The summed E-state index contributed by atoms with van der Waals surface area (Å²) in [5.74, 6) is -0.428. The highest BCUT2D eigenvalue weighted by molar-refractivity contribution is 6.32. The first kappa shape index (κ1) is 13.1. The Kier molecular flexibility index (Phi) is 3.82. The quantitative estimate of drug-likeness (QED) is 0.531. The number of phenolic OH excluding ortho intramolecular Hbond substituents is 1. The second-order valence-electron chi connectivity index (χ2n) is 3.74. The Morgan fingerprint density at radius 1 is 1.16 bits per heavy atom. The van der Waals surface area contributed by atoms with Crippen LogP contribution in [0.3, 0.4) is 0 Å². The van der Waals surface area contributed by atoms with Crippen molar-refractivity contribution >= 4 is 23.9 Å². The lowest BCUT2D eigenvalue weighted by molar-refractivity contribution is 0.0734. The summed E-state index contributed by atoms with van der Waals surface area (Å²) < 4.78 is 5.09. The fourth-order valence-corrected chi connectivity index (χ4v) is 1.59. The number of carbonyl (C=O) groups excluding carboxylic acids is 2. The molecule has 5 heteroatoms. The predicted octanol–water partition coefficient (Wildman–Crippen LogP) is 3.08. The summed E-state index contributed by atoms with van der Waals surface area (Å²) in [5, 5.41) is 9.35. The number of rotatable bonds is 3. The van der Waals surface area contributed by atoms with Gasteiger partial charge in [0.2, 0.25) is 0 Å². The molecule has 19 heavy (non-hydrogen) atoms. The van der Waals surface area contributed by atoms with Crippen LogP contribution in [-0.4, -0.2) is 17.4 Å². The highest BCUT2D eigenvalue weighted by Gasteiger charge is 2.09. The maximum Gasteiger partial charge on any atom is 0.343 e. The SMILES string of the molecule is O=Cc1ccc(C(=O)Oc2ccc(O)c(Cl)c2)cc1. The third-order valence-electron chi connectivity index (χ3n) is 2.41. The van der Waals surface area contributed by atoms with Crippen molar-refractivity contribution in [1.29, 1.82) is 0 Å². The van der Waals surface area contributed by atoms with Gasteiger partial charge in [0, 0.05) is 11.6 Å². The molecule has 2 rings (SSSR count). The molecule has 0 saturated heterocycles. The van der Waals surface area contributed by atoms with E-state index in [0.29, 0.717) is 17.4 Å². The van der Waals surface area contributed by atoms with Crippen LogP contribution in [0.15, 0.2) is 42.5 Å². The minimum atomic E-state index is -0.570. The maximum atomic E-state index is 11.8. The van der Waals surface area contributed by atoms with E-state index in [2.05, 4.69) is 0 Å². The van der Waals surface area contributed by atoms with Crippen LogP contribution in [0, 0.1) is 0 Å². The predicted molar refractivity (Wildman–Crippen MR) is 69.9 cm³/mol. The highest BCUT2D eigenvalue weighted by Crippen LogP contribution is 2.27. The summed E-state index contributed by atoms with van der Waals surface area (Å²) in [4.78, 5) is 22.3. The van der Waals surface area contributed by atoms with Gasteiger partial charge in [-0.25, -0.2) is 4.79 Å². The first-order valence-corrected chi connectivity index (χ1v) is 5.74. The topological polar surface area (TPSA) is 63.6 Å². The zero-order valence-corrected chi connectivity index (χ0v) is 10.4. The van der Waals surface area contributed by atoms with E-state index in [9.17, 15) is 14.7 Å². The number of benzene rings is 2. The van der Waals surface area contributed by atoms with Crippen LogP contribution >= 0.6 is 11.6 Å². The standard InChI is InChI=1S/C14H9ClO4/c15-12-7-11(5-6-13(12)17)19-14(18)10-3-1-9(8-16)2-4-10/h1-8,17H. The second kappa shape index (κ2) is 5.54. The van der Waals surface area contributed by atoms with Crippen LogP contribution in [0.25, 0.3) is 0 Å². The van der Waals surface area contributed by atoms with E-state index in [1.165, 1.54) is 42.5 Å². The minimum Gasteiger partial charge on any atom is -0.506 e. The van der Waals surface area contributed by atoms with Gasteiger partial charge in [-0.1, -0.05) is 23.7 Å². The lowest BCUT2D eigenvalue weighted by Crippen LogP contribution is -2.08. The Balaban J connectivity index is 2.15. The van der Waals surface area contributed by atoms with Gasteiger partial charge in [-0.15, -0.1) is 0 Å². The summed E-state index contributed by atoms with van der Waals surface area (Å²) in [6.07, 6.45) is 0.689. The first-order valence-electron chi connectivity index (χ1n) is 5.36. The van der Waals surface area contributed by atoms with Gasteiger partial charge < -0.3 is 9.84 Å². The molecule has 0 fully saturated rings. The molecule has 4 nitrogen and oxygen atoms in total. The van der Waals surface area contributed by atoms with Crippen molar-refractivity contribution in [2.45, 2.75) is 0 Å². The number of aldehydes is 1. The molecule has 0 bridgehead atoms. The van der Waals surface area contributed by atoms with Crippen molar-refractivity contribution in [3.8, 4) is 11.5 Å². The third-order valence-corrected chi connectivity index (χ3v) is 2.71. The molecule has 0 aliphatic carbocycles. The fourth-order valence-electron chi connectivity index (χ4n) is 1.41. The average molecular weight is 277 g/mol. The van der Waals surface area contributed by atoms with Gasteiger partial charge in [0.1, 0.15) is 17.8 Å². The second-order valence-corrected chi connectivity index (χ2v) is 4.15.